The molecule has 1 aromatic carbocycles. The lowest BCUT2D eigenvalue weighted by atomic mass is 10.0. The first-order chi connectivity index (χ1) is 11.6. The number of carbonyl (C=O) groups excluding carboxylic acids is 2. The Kier molecular flexibility index (Phi) is 9.49. The third kappa shape index (κ3) is 7.02. The number of anilines is 1. The fourth-order valence-corrected chi connectivity index (χ4v) is 2.98. The van der Waals surface area contributed by atoms with Gasteiger partial charge in [-0.2, -0.15) is 0 Å². The number of para-hydroxylation sites is 1. The van der Waals surface area contributed by atoms with Gasteiger partial charge in [-0.3, -0.25) is 14.5 Å². The van der Waals surface area contributed by atoms with E-state index in [4.69, 9.17) is 4.74 Å². The lowest BCUT2D eigenvalue weighted by Crippen LogP contribution is -2.47. The van der Waals surface area contributed by atoms with Crippen LogP contribution in [0, 0.1) is 0 Å². The van der Waals surface area contributed by atoms with E-state index in [9.17, 15) is 9.59 Å². The molecular formula is C18H28ClN3O3. The number of nitrogens with one attached hydrogen (secondary N) is 2. The van der Waals surface area contributed by atoms with Crippen molar-refractivity contribution in [3.05, 3.63) is 29.8 Å². The molecule has 0 saturated carbocycles. The Bertz CT molecular complexity index is 560. The number of nitrogens with zero attached hydrogens (tertiary/aromatic N) is 1. The molecule has 140 valence electrons. The van der Waals surface area contributed by atoms with Gasteiger partial charge in [-0.15, -0.1) is 12.4 Å². The minimum atomic E-state index is -0.0788. The lowest BCUT2D eigenvalue weighted by Gasteiger charge is -2.31. The van der Waals surface area contributed by atoms with E-state index in [1.165, 1.54) is 7.11 Å². The molecule has 0 radical (unpaired) electrons. The largest absolute Gasteiger partial charge is 0.375 e. The van der Waals surface area contributed by atoms with E-state index in [0.717, 1.165) is 43.6 Å². The molecule has 0 spiro atoms. The van der Waals surface area contributed by atoms with Crippen molar-refractivity contribution < 1.29 is 14.3 Å². The number of benzene rings is 1. The fourth-order valence-electron chi connectivity index (χ4n) is 2.98. The van der Waals surface area contributed by atoms with Gasteiger partial charge in [0.2, 0.25) is 11.8 Å². The van der Waals surface area contributed by atoms with Crippen molar-refractivity contribution in [1.82, 2.24) is 10.2 Å². The monoisotopic (exact) mass is 369 g/mol. The van der Waals surface area contributed by atoms with Crippen molar-refractivity contribution in [3.63, 3.8) is 0 Å². The molecule has 1 aliphatic heterocycles. The average molecular weight is 370 g/mol. The van der Waals surface area contributed by atoms with Gasteiger partial charge in [-0.25, -0.2) is 0 Å². The molecule has 0 bridgehead atoms. The molecule has 2 N–H and O–H groups in total. The van der Waals surface area contributed by atoms with E-state index in [0.29, 0.717) is 6.54 Å². The van der Waals surface area contributed by atoms with Crippen LogP contribution >= 0.6 is 12.4 Å². The lowest BCUT2D eigenvalue weighted by molar-refractivity contribution is -0.126. The SMILES string of the molecule is CCc1ccccc1NC(=O)CN1CCC(NC(=O)COC)CC1.Cl. The van der Waals surface area contributed by atoms with Crippen molar-refractivity contribution in [1.29, 1.82) is 0 Å². The van der Waals surface area contributed by atoms with Crippen molar-refractivity contribution in [3.8, 4) is 0 Å². The molecule has 0 atom stereocenters. The van der Waals surface area contributed by atoms with Crippen LogP contribution in [0.1, 0.15) is 25.3 Å². The molecule has 1 aliphatic rings. The second-order valence-electron chi connectivity index (χ2n) is 6.11. The number of hydrogen-bond acceptors (Lipinski definition) is 4. The first-order valence-corrected chi connectivity index (χ1v) is 8.50. The summed E-state index contributed by atoms with van der Waals surface area (Å²) in [5.74, 6) is -0.0670. The molecule has 0 aromatic heterocycles. The first kappa shape index (κ1) is 21.4. The van der Waals surface area contributed by atoms with Crippen LogP contribution in [0.25, 0.3) is 0 Å². The quantitative estimate of drug-likeness (QED) is 0.769. The Labute approximate surface area is 155 Å². The number of hydrogen-bond donors (Lipinski definition) is 2. The van der Waals surface area contributed by atoms with Crippen LogP contribution in [0.4, 0.5) is 5.69 Å². The van der Waals surface area contributed by atoms with E-state index >= 15 is 0 Å². The Morgan fingerprint density at radius 1 is 1.20 bits per heavy atom. The number of amides is 2. The summed E-state index contributed by atoms with van der Waals surface area (Å²) in [7, 11) is 1.51. The van der Waals surface area contributed by atoms with Crippen LogP contribution in [0.3, 0.4) is 0 Å². The Hall–Kier alpha value is -1.63. The number of methoxy groups -OCH3 is 1. The fraction of sp³-hybridized carbons (Fsp3) is 0.556. The van der Waals surface area contributed by atoms with Gasteiger partial charge in [0.25, 0.3) is 0 Å². The summed E-state index contributed by atoms with van der Waals surface area (Å²) in [5, 5.41) is 5.96. The van der Waals surface area contributed by atoms with Crippen LogP contribution in [0.15, 0.2) is 24.3 Å². The minimum absolute atomic E-state index is 0. The molecule has 0 aliphatic carbocycles. The number of aryl methyl sites for hydroxylation is 1. The van der Waals surface area contributed by atoms with Crippen LogP contribution in [0.2, 0.25) is 0 Å². The highest BCUT2D eigenvalue weighted by molar-refractivity contribution is 5.93. The van der Waals surface area contributed by atoms with Gasteiger partial charge in [0, 0.05) is 31.9 Å². The minimum Gasteiger partial charge on any atom is -0.375 e. The van der Waals surface area contributed by atoms with Crippen LogP contribution < -0.4 is 10.6 Å². The van der Waals surface area contributed by atoms with E-state index in [1.54, 1.807) is 0 Å². The van der Waals surface area contributed by atoms with Gasteiger partial charge in [-0.1, -0.05) is 25.1 Å². The number of rotatable bonds is 7. The van der Waals surface area contributed by atoms with Crippen LogP contribution in [-0.4, -0.2) is 56.1 Å². The number of likely N-dealkylation sites (tertiary alicyclic amines) is 1. The summed E-state index contributed by atoms with van der Waals surface area (Å²) in [6.45, 7) is 4.17. The van der Waals surface area contributed by atoms with E-state index in [-0.39, 0.29) is 36.9 Å². The molecular weight excluding hydrogens is 342 g/mol. The predicted octanol–water partition coefficient (Wildman–Crippen LogP) is 1.84. The smallest absolute Gasteiger partial charge is 0.246 e. The molecule has 1 saturated heterocycles. The summed E-state index contributed by atoms with van der Waals surface area (Å²) < 4.78 is 4.82. The molecule has 6 nitrogen and oxygen atoms in total. The van der Waals surface area contributed by atoms with E-state index in [2.05, 4.69) is 22.5 Å². The molecule has 1 heterocycles. The standard InChI is InChI=1S/C18H27N3O3.ClH/c1-3-14-6-4-5-7-16(14)20-17(22)12-21-10-8-15(9-11-21)19-18(23)13-24-2;/h4-7,15H,3,8-13H2,1-2H3,(H,19,23)(H,20,22);1H. The van der Waals surface area contributed by atoms with Crippen molar-refractivity contribution in [2.45, 2.75) is 32.2 Å². The van der Waals surface area contributed by atoms with E-state index < -0.39 is 0 Å². The zero-order valence-corrected chi connectivity index (χ0v) is 15.7. The van der Waals surface area contributed by atoms with Gasteiger partial charge in [0.1, 0.15) is 6.61 Å². The molecule has 1 aromatic rings. The number of halogens is 1. The predicted molar refractivity (Wildman–Crippen MR) is 101 cm³/mol. The summed E-state index contributed by atoms with van der Waals surface area (Å²) in [6, 6.07) is 8.06. The topological polar surface area (TPSA) is 70.7 Å². The highest BCUT2D eigenvalue weighted by atomic mass is 35.5. The average Bonchev–Trinajstić information content (AvgIpc) is 2.57. The third-order valence-corrected chi connectivity index (χ3v) is 4.27. The summed E-state index contributed by atoms with van der Waals surface area (Å²) in [5.41, 5.74) is 2.04. The molecule has 0 unspecified atom stereocenters. The Morgan fingerprint density at radius 3 is 2.52 bits per heavy atom. The molecule has 2 rings (SSSR count). The van der Waals surface area contributed by atoms with Crippen molar-refractivity contribution >= 4 is 29.9 Å². The van der Waals surface area contributed by atoms with E-state index in [1.807, 2.05) is 24.3 Å². The first-order valence-electron chi connectivity index (χ1n) is 8.50. The van der Waals surface area contributed by atoms with Gasteiger partial charge in [-0.05, 0) is 30.9 Å². The molecule has 7 heteroatoms. The van der Waals surface area contributed by atoms with Gasteiger partial charge in [0.15, 0.2) is 0 Å². The maximum Gasteiger partial charge on any atom is 0.246 e. The molecule has 25 heavy (non-hydrogen) atoms. The highest BCUT2D eigenvalue weighted by Gasteiger charge is 2.22. The number of piperidine rings is 1. The number of carbonyl (C=O) groups is 2. The molecule has 1 fully saturated rings. The normalized spacial score (nSPS) is 15.3. The maximum atomic E-state index is 12.3. The molecule has 2 amide bonds. The zero-order valence-electron chi connectivity index (χ0n) is 14.9. The zero-order chi connectivity index (χ0) is 17.4. The Balaban J connectivity index is 0.00000312. The second kappa shape index (κ2) is 11.1. The van der Waals surface area contributed by atoms with Crippen LogP contribution in [-0.2, 0) is 20.7 Å². The van der Waals surface area contributed by atoms with Gasteiger partial charge < -0.3 is 15.4 Å². The van der Waals surface area contributed by atoms with Crippen molar-refractivity contribution in [2.24, 2.45) is 0 Å². The summed E-state index contributed by atoms with van der Waals surface area (Å²) in [4.78, 5) is 25.9. The maximum absolute atomic E-state index is 12.3. The second-order valence-corrected chi connectivity index (χ2v) is 6.11. The van der Waals surface area contributed by atoms with Gasteiger partial charge in [0.05, 0.1) is 6.54 Å². The van der Waals surface area contributed by atoms with Crippen LogP contribution in [0.5, 0.6) is 0 Å². The summed E-state index contributed by atoms with van der Waals surface area (Å²) >= 11 is 0. The third-order valence-electron chi connectivity index (χ3n) is 4.27. The number of ether oxygens (including phenoxy) is 1. The highest BCUT2D eigenvalue weighted by Crippen LogP contribution is 2.16. The van der Waals surface area contributed by atoms with Crippen molar-refractivity contribution in [2.75, 3.05) is 38.7 Å². The van der Waals surface area contributed by atoms with Gasteiger partial charge >= 0.3 is 0 Å². The summed E-state index contributed by atoms with van der Waals surface area (Å²) in [6.07, 6.45) is 2.60. The Morgan fingerprint density at radius 2 is 1.88 bits per heavy atom.